The van der Waals surface area contributed by atoms with Crippen LogP contribution in [0.4, 0.5) is 5.69 Å². The maximum Gasteiger partial charge on any atom is 0.246 e. The smallest absolute Gasteiger partial charge is 0.246 e. The highest BCUT2D eigenvalue weighted by atomic mass is 35.5. The molecule has 2 bridgehead atoms. The van der Waals surface area contributed by atoms with Gasteiger partial charge in [0.25, 0.3) is 0 Å². The average molecular weight is 646 g/mol. The highest BCUT2D eigenvalue weighted by Crippen LogP contribution is 2.55. The van der Waals surface area contributed by atoms with Crippen molar-refractivity contribution in [2.24, 2.45) is 11.8 Å². The molecule has 5 atom stereocenters. The fraction of sp³-hybridized carbons (Fsp3) is 0.528. The van der Waals surface area contributed by atoms with E-state index in [1.165, 1.54) is 12.0 Å². The Morgan fingerprint density at radius 3 is 2.35 bits per heavy atom. The molecule has 2 N–H and O–H groups in total. The molecule has 5 aliphatic rings. The zero-order valence-corrected chi connectivity index (χ0v) is 27.0. The van der Waals surface area contributed by atoms with Crippen LogP contribution in [0.5, 0.6) is 0 Å². The minimum atomic E-state index is -1.15. The van der Waals surface area contributed by atoms with Gasteiger partial charge in [-0.2, -0.15) is 0 Å². The third kappa shape index (κ3) is 6.22. The van der Waals surface area contributed by atoms with E-state index < -0.39 is 29.6 Å². The first-order chi connectivity index (χ1) is 22.4. The number of likely N-dealkylation sites (tertiary alicyclic amines) is 1. The first-order valence-corrected chi connectivity index (χ1v) is 17.3. The van der Waals surface area contributed by atoms with E-state index in [1.807, 2.05) is 18.2 Å². The monoisotopic (exact) mass is 645 g/mol. The van der Waals surface area contributed by atoms with E-state index >= 15 is 0 Å². The topological polar surface area (TPSA) is 94.2 Å². The third-order valence-electron chi connectivity index (χ3n) is 10.6. The minimum Gasteiger partial charge on any atom is -0.359 e. The van der Waals surface area contributed by atoms with E-state index in [0.717, 1.165) is 71.4 Å². The lowest BCUT2D eigenvalue weighted by Crippen LogP contribution is -2.56. The van der Waals surface area contributed by atoms with E-state index in [9.17, 15) is 14.4 Å². The zero-order chi connectivity index (χ0) is 31.7. The number of rotatable bonds is 10. The maximum absolute atomic E-state index is 14.3. The van der Waals surface area contributed by atoms with Gasteiger partial charge in [-0.3, -0.25) is 19.3 Å². The molecule has 1 spiro atoms. The number of anilines is 1. The van der Waals surface area contributed by atoms with E-state index in [1.54, 1.807) is 29.2 Å². The van der Waals surface area contributed by atoms with Gasteiger partial charge in [-0.05, 0) is 55.6 Å². The minimum absolute atomic E-state index is 0.104. The van der Waals surface area contributed by atoms with E-state index in [4.69, 9.17) is 16.3 Å². The van der Waals surface area contributed by atoms with Crippen LogP contribution in [-0.4, -0.2) is 95.5 Å². The molecule has 46 heavy (non-hydrogen) atoms. The zero-order valence-electron chi connectivity index (χ0n) is 26.3. The summed E-state index contributed by atoms with van der Waals surface area (Å²) in [6.07, 6.45) is 9.22. The highest BCUT2D eigenvalue weighted by Gasteiger charge is 2.72. The van der Waals surface area contributed by atoms with Crippen LogP contribution in [0.3, 0.4) is 0 Å². The first kappa shape index (κ1) is 31.4. The van der Waals surface area contributed by atoms with Crippen LogP contribution in [0.25, 0.3) is 0 Å². The van der Waals surface area contributed by atoms with Crippen molar-refractivity contribution in [2.45, 2.75) is 68.9 Å². The van der Waals surface area contributed by atoms with E-state index in [-0.39, 0.29) is 23.8 Å². The summed E-state index contributed by atoms with van der Waals surface area (Å²) < 4.78 is 6.52. The molecule has 244 valence electrons. The molecule has 2 aromatic rings. The molecule has 4 aliphatic heterocycles. The van der Waals surface area contributed by atoms with Crippen molar-refractivity contribution in [3.8, 4) is 0 Å². The van der Waals surface area contributed by atoms with Crippen molar-refractivity contribution >= 4 is 35.0 Å². The summed E-state index contributed by atoms with van der Waals surface area (Å²) in [6, 6.07) is 16.8. The van der Waals surface area contributed by atoms with Crippen LogP contribution < -0.4 is 10.6 Å². The lowest BCUT2D eigenvalue weighted by atomic mass is 9.74. The van der Waals surface area contributed by atoms with Gasteiger partial charge in [0.1, 0.15) is 11.6 Å². The van der Waals surface area contributed by atoms with Crippen molar-refractivity contribution in [2.75, 3.05) is 44.6 Å². The number of fused-ring (bicyclic) bond motifs is 1. The fourth-order valence-electron chi connectivity index (χ4n) is 8.27. The molecule has 2 aromatic carbocycles. The van der Waals surface area contributed by atoms with Gasteiger partial charge in [-0.25, -0.2) is 0 Å². The van der Waals surface area contributed by atoms with Gasteiger partial charge >= 0.3 is 0 Å². The quantitative estimate of drug-likeness (QED) is 0.378. The predicted octanol–water partition coefficient (Wildman–Crippen LogP) is 4.09. The number of amides is 3. The second-order valence-corrected chi connectivity index (χ2v) is 14.0. The Balaban J connectivity index is 1.04. The summed E-state index contributed by atoms with van der Waals surface area (Å²) in [7, 11) is 0. The summed E-state index contributed by atoms with van der Waals surface area (Å²) in [5.41, 5.74) is 0.787. The molecule has 0 aromatic heterocycles. The van der Waals surface area contributed by atoms with Gasteiger partial charge in [0.05, 0.1) is 17.9 Å². The van der Waals surface area contributed by atoms with Gasteiger partial charge in [-0.15, -0.1) is 0 Å². The number of halogens is 1. The summed E-state index contributed by atoms with van der Waals surface area (Å²) >= 11 is 6.04. The first-order valence-electron chi connectivity index (χ1n) is 16.9. The van der Waals surface area contributed by atoms with Crippen LogP contribution in [0, 0.1) is 11.8 Å². The number of carbonyl (C=O) groups excluding carboxylic acids is 3. The molecule has 9 nitrogen and oxygen atoms in total. The summed E-state index contributed by atoms with van der Waals surface area (Å²) in [5, 5.41) is 6.82. The summed E-state index contributed by atoms with van der Waals surface area (Å²) in [4.78, 5) is 48.8. The van der Waals surface area contributed by atoms with Gasteiger partial charge in [0.2, 0.25) is 17.7 Å². The Hall–Kier alpha value is -3.24. The molecule has 3 saturated heterocycles. The van der Waals surface area contributed by atoms with Crippen LogP contribution >= 0.6 is 11.6 Å². The van der Waals surface area contributed by atoms with Crippen LogP contribution in [0.1, 0.15) is 44.1 Å². The summed E-state index contributed by atoms with van der Waals surface area (Å²) in [6.45, 7) is 6.19. The summed E-state index contributed by atoms with van der Waals surface area (Å²) in [5.74, 6) is -2.08. The number of carbonyl (C=O) groups is 3. The van der Waals surface area contributed by atoms with Crippen molar-refractivity contribution in [1.29, 1.82) is 0 Å². The lowest BCUT2D eigenvalue weighted by molar-refractivity contribution is -0.141. The second kappa shape index (κ2) is 13.5. The normalized spacial score (nSPS) is 29.7. The van der Waals surface area contributed by atoms with Crippen LogP contribution in [0.2, 0.25) is 5.02 Å². The van der Waals surface area contributed by atoms with Crippen molar-refractivity contribution in [3.63, 3.8) is 0 Å². The fourth-order valence-corrected chi connectivity index (χ4v) is 8.40. The molecule has 10 heteroatoms. The van der Waals surface area contributed by atoms with Gasteiger partial charge in [-0.1, -0.05) is 73.3 Å². The Bertz CT molecular complexity index is 1440. The largest absolute Gasteiger partial charge is 0.359 e. The Labute approximate surface area is 276 Å². The Morgan fingerprint density at radius 2 is 1.61 bits per heavy atom. The number of ether oxygens (including phenoxy) is 1. The molecule has 4 fully saturated rings. The Kier molecular flexibility index (Phi) is 9.19. The van der Waals surface area contributed by atoms with Crippen molar-refractivity contribution in [1.82, 2.24) is 20.0 Å². The molecule has 0 radical (unpaired) electrons. The molecule has 7 rings (SSSR count). The number of nitrogens with zero attached hydrogens (tertiary/aromatic N) is 3. The number of hydrogen-bond donors (Lipinski definition) is 2. The van der Waals surface area contributed by atoms with Crippen LogP contribution in [0.15, 0.2) is 66.7 Å². The molecule has 1 aliphatic carbocycles. The number of hydrogen-bond acceptors (Lipinski definition) is 6. The van der Waals surface area contributed by atoms with Gasteiger partial charge in [0.15, 0.2) is 0 Å². The van der Waals surface area contributed by atoms with Gasteiger partial charge in [0, 0.05) is 56.0 Å². The number of piperazine rings is 1. The number of nitrogens with one attached hydrogen (secondary N) is 2. The van der Waals surface area contributed by atoms with E-state index in [0.29, 0.717) is 17.3 Å². The van der Waals surface area contributed by atoms with Crippen LogP contribution in [-0.2, 0) is 25.7 Å². The molecule has 4 heterocycles. The molecule has 3 amide bonds. The predicted molar refractivity (Wildman–Crippen MR) is 177 cm³/mol. The number of benzene rings is 2. The average Bonchev–Trinajstić information content (AvgIpc) is 3.71. The third-order valence-corrected chi connectivity index (χ3v) is 10.8. The molecule has 0 unspecified atom stereocenters. The standard InChI is InChI=1S/C36H44ClN5O4/c37-26-12-14-28(15-13-26)38-33(43)30-29-16-17-36(46-29)31(30)35(45)42(32(36)34(44)39-27-10-5-2-6-11-27)19-7-18-40-20-22-41(23-21-40)24-25-8-3-1-4-9-25/h1,3-4,8-9,12-17,27,29-32H,2,5-7,10-11,18-24H2,(H,38,43)(H,39,44)/t29-,30-,31-,32-,36-/m0/s1. The van der Waals surface area contributed by atoms with Crippen molar-refractivity contribution < 1.29 is 19.1 Å². The molecule has 1 saturated carbocycles. The maximum atomic E-state index is 14.3. The lowest BCUT2D eigenvalue weighted by Gasteiger charge is -2.36. The van der Waals surface area contributed by atoms with E-state index in [2.05, 4.69) is 44.7 Å². The Morgan fingerprint density at radius 1 is 0.891 bits per heavy atom. The second-order valence-electron chi connectivity index (χ2n) is 13.5. The highest BCUT2D eigenvalue weighted by molar-refractivity contribution is 6.30. The van der Waals surface area contributed by atoms with Crippen molar-refractivity contribution in [3.05, 3.63) is 77.3 Å². The molecular formula is C36H44ClN5O4. The SMILES string of the molecule is O=C(Nc1ccc(Cl)cc1)[C@H]1[C@@H]2C=C[C@]3(O2)[C@@H]1C(=O)N(CCCN1CCN(Cc2ccccc2)CC1)[C@H]3C(=O)NC1CCCCC1. The van der Waals surface area contributed by atoms with Gasteiger partial charge < -0.3 is 25.2 Å². The molecular weight excluding hydrogens is 602 g/mol.